The first-order valence-corrected chi connectivity index (χ1v) is 18.0. The molecule has 0 saturated heterocycles. The van der Waals surface area contributed by atoms with Crippen LogP contribution in [0.1, 0.15) is 27.8 Å². The molecule has 1 aliphatic carbocycles. The number of ether oxygens (including phenoxy) is 1. The van der Waals surface area contributed by atoms with E-state index in [2.05, 4.69) is 137 Å². The van der Waals surface area contributed by atoms with Crippen LogP contribution in [0.15, 0.2) is 164 Å². The lowest BCUT2D eigenvalue weighted by atomic mass is 9.66. The van der Waals surface area contributed by atoms with Crippen LogP contribution in [0.3, 0.4) is 0 Å². The van der Waals surface area contributed by atoms with Gasteiger partial charge in [0.05, 0.1) is 50.5 Å². The largest absolute Gasteiger partial charge is 0.457 e. The summed E-state index contributed by atoms with van der Waals surface area (Å²) >= 11 is 0. The second-order valence-electron chi connectivity index (χ2n) is 14.1. The molecular weight excluding hydrogens is 663 g/mol. The molecule has 4 aromatic heterocycles. The second kappa shape index (κ2) is 10.5. The Morgan fingerprint density at radius 3 is 1.70 bits per heavy atom. The summed E-state index contributed by atoms with van der Waals surface area (Å²) in [5.41, 5.74) is 12.7. The highest BCUT2D eigenvalue weighted by molar-refractivity contribution is 6.12. The quantitative estimate of drug-likeness (QED) is 0.181. The smallest absolute Gasteiger partial charge is 0.134 e. The van der Waals surface area contributed by atoms with Gasteiger partial charge in [0.15, 0.2) is 0 Å². The molecule has 6 nitrogen and oxygen atoms in total. The summed E-state index contributed by atoms with van der Waals surface area (Å²) in [6.45, 7) is 0. The molecule has 5 heterocycles. The number of pyridine rings is 2. The molecule has 54 heavy (non-hydrogen) atoms. The normalized spacial score (nSPS) is 13.5. The van der Waals surface area contributed by atoms with Crippen molar-refractivity contribution in [3.8, 4) is 40.3 Å². The maximum atomic E-state index is 9.68. The first-order chi connectivity index (χ1) is 26.7. The lowest BCUT2D eigenvalue weighted by Crippen LogP contribution is -2.32. The zero-order valence-corrected chi connectivity index (χ0v) is 28.7. The van der Waals surface area contributed by atoms with E-state index < -0.39 is 5.41 Å². The van der Waals surface area contributed by atoms with E-state index in [0.29, 0.717) is 5.56 Å². The van der Waals surface area contributed by atoms with Crippen molar-refractivity contribution >= 4 is 43.6 Å². The summed E-state index contributed by atoms with van der Waals surface area (Å²) in [6, 6.07) is 55.5. The fraction of sp³-hybridized carbons (Fsp3) is 0.0208. The summed E-state index contributed by atoms with van der Waals surface area (Å²) in [5.74, 6) is 1.64. The first kappa shape index (κ1) is 29.1. The van der Waals surface area contributed by atoms with Crippen LogP contribution in [0.2, 0.25) is 0 Å². The van der Waals surface area contributed by atoms with Crippen molar-refractivity contribution in [2.45, 2.75) is 5.41 Å². The number of fused-ring (bicyclic) bond motifs is 15. The molecule has 0 saturated carbocycles. The Kier molecular flexibility index (Phi) is 5.68. The third-order valence-electron chi connectivity index (χ3n) is 11.5. The van der Waals surface area contributed by atoms with Crippen molar-refractivity contribution in [3.63, 3.8) is 0 Å². The van der Waals surface area contributed by atoms with Gasteiger partial charge in [-0.1, -0.05) is 72.8 Å². The predicted octanol–water partition coefficient (Wildman–Crippen LogP) is 11.0. The number of hydrogen-bond acceptors (Lipinski definition) is 4. The van der Waals surface area contributed by atoms with E-state index in [1.807, 2.05) is 42.7 Å². The predicted molar refractivity (Wildman–Crippen MR) is 213 cm³/mol. The van der Waals surface area contributed by atoms with Crippen molar-refractivity contribution in [3.05, 3.63) is 192 Å². The van der Waals surface area contributed by atoms with Gasteiger partial charge in [-0.25, -0.2) is 0 Å². The summed E-state index contributed by atoms with van der Waals surface area (Å²) in [7, 11) is 0. The number of nitrogens with zero attached hydrogens (tertiary/aromatic N) is 5. The summed E-state index contributed by atoms with van der Waals surface area (Å²) in [5, 5.41) is 14.2. The minimum Gasteiger partial charge on any atom is -0.457 e. The molecule has 0 bridgehead atoms. The molecule has 1 aliphatic heterocycles. The minimum atomic E-state index is -0.623. The van der Waals surface area contributed by atoms with Gasteiger partial charge in [0.2, 0.25) is 0 Å². The number of hydrogen-bond donors (Lipinski definition) is 0. The molecule has 6 heteroatoms. The van der Waals surface area contributed by atoms with Gasteiger partial charge in [0, 0.05) is 62.5 Å². The van der Waals surface area contributed by atoms with Crippen LogP contribution in [0.4, 0.5) is 0 Å². The van der Waals surface area contributed by atoms with Gasteiger partial charge in [-0.05, 0) is 83.9 Å². The van der Waals surface area contributed by atoms with Crippen LogP contribution in [0, 0.1) is 11.3 Å². The Morgan fingerprint density at radius 1 is 0.463 bits per heavy atom. The fourth-order valence-electron chi connectivity index (χ4n) is 9.39. The van der Waals surface area contributed by atoms with Crippen LogP contribution in [0.5, 0.6) is 11.5 Å². The molecule has 10 aromatic rings. The average molecular weight is 690 g/mol. The van der Waals surface area contributed by atoms with Crippen molar-refractivity contribution in [1.29, 1.82) is 5.26 Å². The zero-order valence-electron chi connectivity index (χ0n) is 28.7. The minimum absolute atomic E-state index is 0.623. The van der Waals surface area contributed by atoms with Crippen LogP contribution < -0.4 is 4.74 Å². The van der Waals surface area contributed by atoms with E-state index in [1.54, 1.807) is 0 Å². The van der Waals surface area contributed by atoms with Gasteiger partial charge in [0.25, 0.3) is 0 Å². The topological polar surface area (TPSA) is 68.7 Å². The van der Waals surface area contributed by atoms with Gasteiger partial charge < -0.3 is 13.9 Å². The Morgan fingerprint density at radius 2 is 1.00 bits per heavy atom. The molecule has 0 N–H and O–H groups in total. The molecule has 0 atom stereocenters. The third kappa shape index (κ3) is 3.62. The summed E-state index contributed by atoms with van der Waals surface area (Å²) < 4.78 is 11.5. The number of para-hydroxylation sites is 3. The van der Waals surface area contributed by atoms with E-state index in [9.17, 15) is 5.26 Å². The third-order valence-corrected chi connectivity index (χ3v) is 11.5. The number of nitriles is 1. The Hall–Kier alpha value is -7.49. The highest BCUT2D eigenvalue weighted by Crippen LogP contribution is 2.61. The van der Waals surface area contributed by atoms with Gasteiger partial charge in [0.1, 0.15) is 11.5 Å². The molecular formula is C48H27N5O. The maximum Gasteiger partial charge on any atom is 0.134 e. The standard InChI is InChI=1S/C48H27N5O/c49-28-29-17-21-42-34(25-29)32-9-1-4-14-40(32)52(42)30-19-22-43-35(26-30)33-10-2-5-15-41(33)53(43)31-18-20-37-45(27-31)54-44-16-6-3-11-36(44)48(37)38-12-7-23-50-46(38)47-39(48)13-8-24-51-47/h1-27H. The van der Waals surface area contributed by atoms with Gasteiger partial charge >= 0.3 is 0 Å². The van der Waals surface area contributed by atoms with E-state index in [0.717, 1.165) is 100 Å². The van der Waals surface area contributed by atoms with Gasteiger partial charge in [-0.2, -0.15) is 5.26 Å². The van der Waals surface area contributed by atoms with Crippen LogP contribution in [-0.2, 0) is 5.41 Å². The average Bonchev–Trinajstić information content (AvgIpc) is 3.85. The number of aromatic nitrogens is 4. The second-order valence-corrected chi connectivity index (χ2v) is 14.1. The first-order valence-electron chi connectivity index (χ1n) is 18.0. The molecule has 1 spiro atoms. The molecule has 0 amide bonds. The van der Waals surface area contributed by atoms with Crippen molar-refractivity contribution in [1.82, 2.24) is 19.1 Å². The monoisotopic (exact) mass is 689 g/mol. The van der Waals surface area contributed by atoms with Gasteiger partial charge in [-0.3, -0.25) is 9.97 Å². The van der Waals surface area contributed by atoms with Gasteiger partial charge in [-0.15, -0.1) is 0 Å². The van der Waals surface area contributed by atoms with E-state index >= 15 is 0 Å². The fourth-order valence-corrected chi connectivity index (χ4v) is 9.39. The number of benzene rings is 6. The Balaban J connectivity index is 1.09. The van der Waals surface area contributed by atoms with E-state index in [-0.39, 0.29) is 0 Å². The molecule has 12 rings (SSSR count). The zero-order chi connectivity index (χ0) is 35.5. The number of rotatable bonds is 2. The lowest BCUT2D eigenvalue weighted by Gasteiger charge is -2.39. The summed E-state index contributed by atoms with van der Waals surface area (Å²) in [4.78, 5) is 9.73. The van der Waals surface area contributed by atoms with Crippen molar-refractivity contribution < 1.29 is 4.74 Å². The van der Waals surface area contributed by atoms with Crippen LogP contribution in [0.25, 0.3) is 66.4 Å². The lowest BCUT2D eigenvalue weighted by molar-refractivity contribution is 0.436. The molecule has 250 valence electrons. The van der Waals surface area contributed by atoms with Crippen molar-refractivity contribution in [2.75, 3.05) is 0 Å². The molecule has 0 radical (unpaired) electrons. The van der Waals surface area contributed by atoms with E-state index in [1.165, 1.54) is 0 Å². The maximum absolute atomic E-state index is 9.68. The Bertz CT molecular complexity index is 3240. The molecule has 6 aromatic carbocycles. The molecule has 2 aliphatic rings. The summed E-state index contributed by atoms with van der Waals surface area (Å²) in [6.07, 6.45) is 3.70. The SMILES string of the molecule is N#Cc1ccc2c(c1)c1ccccc1n2-c1ccc2c(c1)c1ccccc1n2-c1ccc2c(c1)Oc1ccccc1C21c2cccnc2-c2ncccc21. The molecule has 0 fully saturated rings. The van der Waals surface area contributed by atoms with Crippen LogP contribution in [-0.4, -0.2) is 19.1 Å². The Labute approximate surface area is 309 Å². The van der Waals surface area contributed by atoms with Crippen LogP contribution >= 0.6 is 0 Å². The van der Waals surface area contributed by atoms with Crippen molar-refractivity contribution in [2.24, 2.45) is 0 Å². The highest BCUT2D eigenvalue weighted by atomic mass is 16.5. The highest BCUT2D eigenvalue weighted by Gasteiger charge is 2.52. The van der Waals surface area contributed by atoms with E-state index in [4.69, 9.17) is 14.7 Å². The molecule has 0 unspecified atom stereocenters.